The van der Waals surface area contributed by atoms with Crippen molar-refractivity contribution in [3.8, 4) is 0 Å². The third-order valence-electron chi connectivity index (χ3n) is 1.83. The second-order valence-electron chi connectivity index (χ2n) is 2.91. The number of nitrogens with zero attached hydrogens (tertiary/aromatic N) is 1. The zero-order chi connectivity index (χ0) is 8.43. The van der Waals surface area contributed by atoms with E-state index in [9.17, 15) is 0 Å². The number of aromatic nitrogens is 1. The zero-order valence-corrected chi connectivity index (χ0v) is 7.31. The van der Waals surface area contributed by atoms with E-state index >= 15 is 0 Å². The highest BCUT2D eigenvalue weighted by Crippen LogP contribution is 2.13. The lowest BCUT2D eigenvalue weighted by Crippen LogP contribution is -1.88. The number of aryl methyl sites for hydroxylation is 2. The minimum Gasteiger partial charge on any atom is -0.261 e. The Morgan fingerprint density at radius 2 is 2.09 bits per heavy atom. The maximum absolute atomic E-state index is 4.24. The summed E-state index contributed by atoms with van der Waals surface area (Å²) in [6.07, 6.45) is 1.87. The topological polar surface area (TPSA) is 12.9 Å². The average molecular weight is 147 g/mol. The lowest BCUT2D eigenvalue weighted by molar-refractivity contribution is 1.14. The number of hydrogen-bond donors (Lipinski definition) is 0. The molecule has 0 atom stereocenters. The predicted molar refractivity (Wildman–Crippen MR) is 48.4 cm³/mol. The van der Waals surface area contributed by atoms with Crippen LogP contribution in [-0.4, -0.2) is 4.98 Å². The van der Waals surface area contributed by atoms with Gasteiger partial charge >= 0.3 is 0 Å². The van der Waals surface area contributed by atoms with Crippen molar-refractivity contribution >= 4 is 5.57 Å². The molecule has 58 valence electrons. The van der Waals surface area contributed by atoms with Crippen LogP contribution in [0.3, 0.4) is 0 Å². The molecule has 1 nitrogen and oxygen atoms in total. The molecule has 0 aliphatic rings. The van der Waals surface area contributed by atoms with E-state index < -0.39 is 0 Å². The molecule has 0 amide bonds. The van der Waals surface area contributed by atoms with Gasteiger partial charge in [-0.3, -0.25) is 4.98 Å². The smallest absolute Gasteiger partial charge is 0.0402 e. The van der Waals surface area contributed by atoms with Gasteiger partial charge in [0.15, 0.2) is 0 Å². The summed E-state index contributed by atoms with van der Waals surface area (Å²) in [5.74, 6) is 0. The molecule has 1 aromatic heterocycles. The van der Waals surface area contributed by atoms with Crippen LogP contribution in [0, 0.1) is 13.8 Å². The number of rotatable bonds is 1. The molecule has 0 aliphatic heterocycles. The molecule has 0 spiro atoms. The van der Waals surface area contributed by atoms with Gasteiger partial charge in [0.2, 0.25) is 0 Å². The van der Waals surface area contributed by atoms with Gasteiger partial charge in [-0.05, 0) is 43.5 Å². The Morgan fingerprint density at radius 3 is 2.55 bits per heavy atom. The molecule has 1 rings (SSSR count). The third kappa shape index (κ3) is 1.67. The Hall–Kier alpha value is -1.11. The molecule has 0 N–H and O–H groups in total. The lowest BCUT2D eigenvalue weighted by atomic mass is 10.1. The number of hydrogen-bond acceptors (Lipinski definition) is 1. The fraction of sp³-hybridized carbons (Fsp3) is 0.300. The van der Waals surface area contributed by atoms with E-state index in [1.807, 2.05) is 20.0 Å². The van der Waals surface area contributed by atoms with Crippen LogP contribution >= 0.6 is 0 Å². The maximum atomic E-state index is 4.24. The van der Waals surface area contributed by atoms with E-state index in [1.54, 1.807) is 0 Å². The quantitative estimate of drug-likeness (QED) is 0.595. The molecule has 0 saturated carbocycles. The summed E-state index contributed by atoms with van der Waals surface area (Å²) >= 11 is 0. The molecular weight excluding hydrogens is 134 g/mol. The van der Waals surface area contributed by atoms with Crippen molar-refractivity contribution in [3.05, 3.63) is 35.7 Å². The van der Waals surface area contributed by atoms with Crippen LogP contribution in [0.2, 0.25) is 0 Å². The predicted octanol–water partition coefficient (Wildman–Crippen LogP) is 2.73. The minimum atomic E-state index is 1.07. The number of allylic oxidation sites excluding steroid dienone is 1. The number of pyridine rings is 1. The standard InChI is InChI=1S/C10H13N/c1-7(2)10-5-8(3)9(4)11-6-10/h5-6H,1H2,2-4H3. The molecule has 1 heteroatoms. The van der Waals surface area contributed by atoms with Crippen molar-refractivity contribution < 1.29 is 0 Å². The Labute approximate surface area is 67.8 Å². The second kappa shape index (κ2) is 2.87. The monoisotopic (exact) mass is 147 g/mol. The van der Waals surface area contributed by atoms with Gasteiger partial charge in [0.1, 0.15) is 0 Å². The Kier molecular flexibility index (Phi) is 2.08. The average Bonchev–Trinajstić information content (AvgIpc) is 1.94. The van der Waals surface area contributed by atoms with Gasteiger partial charge in [-0.15, -0.1) is 0 Å². The molecule has 11 heavy (non-hydrogen) atoms. The first-order valence-electron chi connectivity index (χ1n) is 3.70. The van der Waals surface area contributed by atoms with E-state index in [0.29, 0.717) is 0 Å². The summed E-state index contributed by atoms with van der Waals surface area (Å²) in [5.41, 5.74) is 4.52. The van der Waals surface area contributed by atoms with E-state index in [4.69, 9.17) is 0 Å². The molecule has 1 aromatic rings. The summed E-state index contributed by atoms with van der Waals surface area (Å²) < 4.78 is 0. The van der Waals surface area contributed by atoms with Gasteiger partial charge in [-0.1, -0.05) is 6.58 Å². The van der Waals surface area contributed by atoms with E-state index in [0.717, 1.165) is 16.8 Å². The summed E-state index contributed by atoms with van der Waals surface area (Å²) in [6.45, 7) is 9.92. The molecule has 0 bridgehead atoms. The van der Waals surface area contributed by atoms with Crippen LogP contribution in [0.5, 0.6) is 0 Å². The molecule has 0 fully saturated rings. The van der Waals surface area contributed by atoms with Crippen molar-refractivity contribution in [1.82, 2.24) is 4.98 Å². The summed E-state index contributed by atoms with van der Waals surface area (Å²) in [6, 6.07) is 2.12. The molecule has 0 radical (unpaired) electrons. The molecule has 0 unspecified atom stereocenters. The summed E-state index contributed by atoms with van der Waals surface area (Å²) in [7, 11) is 0. The van der Waals surface area contributed by atoms with E-state index in [1.165, 1.54) is 5.56 Å². The summed E-state index contributed by atoms with van der Waals surface area (Å²) in [4.78, 5) is 4.24. The van der Waals surface area contributed by atoms with E-state index in [2.05, 4.69) is 24.6 Å². The van der Waals surface area contributed by atoms with Gasteiger partial charge in [-0.2, -0.15) is 0 Å². The summed E-state index contributed by atoms with van der Waals surface area (Å²) in [5, 5.41) is 0. The molecular formula is C10H13N. The van der Waals surface area contributed by atoms with Crippen LogP contribution in [0.15, 0.2) is 18.8 Å². The first-order valence-corrected chi connectivity index (χ1v) is 3.70. The largest absolute Gasteiger partial charge is 0.261 e. The lowest BCUT2D eigenvalue weighted by Gasteiger charge is -2.02. The fourth-order valence-corrected chi connectivity index (χ4v) is 0.877. The zero-order valence-electron chi connectivity index (χ0n) is 7.31. The molecule has 0 aromatic carbocycles. The Balaban J connectivity index is 3.15. The van der Waals surface area contributed by atoms with Gasteiger partial charge in [0, 0.05) is 11.9 Å². The third-order valence-corrected chi connectivity index (χ3v) is 1.83. The van der Waals surface area contributed by atoms with Gasteiger partial charge < -0.3 is 0 Å². The highest BCUT2D eigenvalue weighted by molar-refractivity contribution is 5.61. The minimum absolute atomic E-state index is 1.07. The van der Waals surface area contributed by atoms with Gasteiger partial charge in [0.05, 0.1) is 0 Å². The van der Waals surface area contributed by atoms with Crippen molar-refractivity contribution in [2.45, 2.75) is 20.8 Å². The Morgan fingerprint density at radius 1 is 1.45 bits per heavy atom. The normalized spacial score (nSPS) is 9.73. The van der Waals surface area contributed by atoms with Gasteiger partial charge in [-0.25, -0.2) is 0 Å². The molecule has 1 heterocycles. The Bertz CT molecular complexity index is 287. The van der Waals surface area contributed by atoms with Crippen LogP contribution in [-0.2, 0) is 0 Å². The van der Waals surface area contributed by atoms with Crippen molar-refractivity contribution in [2.75, 3.05) is 0 Å². The van der Waals surface area contributed by atoms with Crippen LogP contribution < -0.4 is 0 Å². The highest BCUT2D eigenvalue weighted by Gasteiger charge is 1.96. The highest BCUT2D eigenvalue weighted by atomic mass is 14.7. The van der Waals surface area contributed by atoms with Crippen LogP contribution in [0.4, 0.5) is 0 Å². The SMILES string of the molecule is C=C(C)c1cnc(C)c(C)c1. The molecule has 0 aliphatic carbocycles. The maximum Gasteiger partial charge on any atom is 0.0402 e. The van der Waals surface area contributed by atoms with Crippen LogP contribution in [0.25, 0.3) is 5.57 Å². The van der Waals surface area contributed by atoms with Crippen molar-refractivity contribution in [3.63, 3.8) is 0 Å². The second-order valence-corrected chi connectivity index (χ2v) is 2.91. The molecule has 0 saturated heterocycles. The first kappa shape index (κ1) is 7.99. The van der Waals surface area contributed by atoms with Crippen molar-refractivity contribution in [2.24, 2.45) is 0 Å². The fourth-order valence-electron chi connectivity index (χ4n) is 0.877. The first-order chi connectivity index (χ1) is 5.11. The van der Waals surface area contributed by atoms with Crippen molar-refractivity contribution in [1.29, 1.82) is 0 Å². The van der Waals surface area contributed by atoms with Gasteiger partial charge in [0.25, 0.3) is 0 Å². The van der Waals surface area contributed by atoms with E-state index in [-0.39, 0.29) is 0 Å². The van der Waals surface area contributed by atoms with Crippen LogP contribution in [0.1, 0.15) is 23.7 Å².